The van der Waals surface area contributed by atoms with Crippen LogP contribution in [-0.4, -0.2) is 12.3 Å². The van der Waals surface area contributed by atoms with Gasteiger partial charge in [-0.05, 0) is 20.0 Å². The van der Waals surface area contributed by atoms with Crippen LogP contribution in [0, 0.1) is 0 Å². The Hall–Kier alpha value is 0.350. The van der Waals surface area contributed by atoms with Crippen molar-refractivity contribution in [3.05, 3.63) is 0 Å². The van der Waals surface area contributed by atoms with Crippen molar-refractivity contribution in [1.29, 1.82) is 0 Å². The fourth-order valence-corrected chi connectivity index (χ4v) is 0.929. The van der Waals surface area contributed by atoms with Gasteiger partial charge >= 0.3 is 0 Å². The second kappa shape index (κ2) is 4.25. The van der Waals surface area contributed by atoms with E-state index < -0.39 is 8.38 Å². The minimum absolute atomic E-state index is 0.0959. The van der Waals surface area contributed by atoms with Gasteiger partial charge < -0.3 is 9.42 Å². The fraction of sp³-hybridized carbons (Fsp3) is 1.00. The van der Waals surface area contributed by atoms with E-state index in [1.165, 1.54) is 0 Å². The molecule has 1 unspecified atom stereocenters. The molecule has 1 atom stereocenters. The molecule has 0 fully saturated rings. The lowest BCUT2D eigenvalue weighted by atomic mass is 10.5. The topological polar surface area (TPSA) is 32.3 Å². The lowest BCUT2D eigenvalue weighted by molar-refractivity contribution is -0.182. The molecule has 0 bridgehead atoms. The molecular weight excluding hydrogens is 123 g/mol. The predicted octanol–water partition coefficient (Wildman–Crippen LogP) is 1.10. The predicted molar refractivity (Wildman–Crippen MR) is 33.7 cm³/mol. The second-order valence-electron chi connectivity index (χ2n) is 1.80. The zero-order valence-corrected chi connectivity index (χ0v) is 6.44. The Morgan fingerprint density at radius 3 is 2.25 bits per heavy atom. The lowest BCUT2D eigenvalue weighted by Gasteiger charge is -2.23. The molecule has 0 radical (unpaired) electrons. The van der Waals surface area contributed by atoms with Crippen molar-refractivity contribution in [2.45, 2.75) is 26.9 Å². The highest BCUT2D eigenvalue weighted by Gasteiger charge is 1.92. The first kappa shape index (κ1) is 8.35. The van der Waals surface area contributed by atoms with Crippen molar-refractivity contribution in [2.24, 2.45) is 0 Å². The normalized spacial score (nSPS) is 14.6. The average Bonchev–Trinajstić information content (AvgIpc) is 1.65. The van der Waals surface area contributed by atoms with Gasteiger partial charge in [0.05, 0.1) is 6.10 Å². The van der Waals surface area contributed by atoms with Gasteiger partial charge in [-0.25, -0.2) is 0 Å². The van der Waals surface area contributed by atoms with Gasteiger partial charge in [0.25, 0.3) is 0 Å². The van der Waals surface area contributed by atoms with E-state index in [4.69, 9.17) is 4.52 Å². The molecule has 0 heterocycles. The Morgan fingerprint density at radius 2 is 2.12 bits per heavy atom. The van der Waals surface area contributed by atoms with Crippen LogP contribution in [0.25, 0.3) is 0 Å². The van der Waals surface area contributed by atoms with Crippen LogP contribution in [0.4, 0.5) is 0 Å². The van der Waals surface area contributed by atoms with Crippen molar-refractivity contribution in [2.75, 3.05) is 6.16 Å². The van der Waals surface area contributed by atoms with Crippen LogP contribution in [-0.2, 0) is 4.52 Å². The first-order chi connectivity index (χ1) is 3.66. The van der Waals surface area contributed by atoms with E-state index in [0.717, 1.165) is 0 Å². The maximum atomic E-state index is 10.5. The summed E-state index contributed by atoms with van der Waals surface area (Å²) >= 11 is 0. The summed E-state index contributed by atoms with van der Waals surface area (Å²) in [4.78, 5) is 10.5. The highest BCUT2D eigenvalue weighted by atomic mass is 31.2. The van der Waals surface area contributed by atoms with Crippen LogP contribution in [0.3, 0.4) is 0 Å². The molecule has 0 saturated carbocycles. The summed E-state index contributed by atoms with van der Waals surface area (Å²) in [5.74, 6) is 0. The third-order valence-corrected chi connectivity index (χ3v) is 1.76. The fourth-order valence-electron chi connectivity index (χ4n) is 0.310. The second-order valence-corrected chi connectivity index (χ2v) is 3.31. The van der Waals surface area contributed by atoms with E-state index in [2.05, 4.69) is 0 Å². The van der Waals surface area contributed by atoms with Crippen LogP contribution in [0.2, 0.25) is 0 Å². The summed E-state index contributed by atoms with van der Waals surface area (Å²) in [5, 5.41) is 0. The molecule has 3 heteroatoms. The largest absolute Gasteiger partial charge is 0.808 e. The molecule has 0 amide bonds. The lowest BCUT2D eigenvalue weighted by Crippen LogP contribution is -2.06. The van der Waals surface area contributed by atoms with Crippen molar-refractivity contribution >= 4 is 8.38 Å². The Bertz CT molecular complexity index is 56.4. The number of hydrogen-bond donors (Lipinski definition) is 0. The Morgan fingerprint density at radius 1 is 1.62 bits per heavy atom. The smallest absolute Gasteiger partial charge is 0.0545 e. The van der Waals surface area contributed by atoms with Crippen molar-refractivity contribution in [3.63, 3.8) is 0 Å². The van der Waals surface area contributed by atoms with Crippen LogP contribution in [0.1, 0.15) is 20.8 Å². The minimum Gasteiger partial charge on any atom is -0.808 e. The highest BCUT2D eigenvalue weighted by Crippen LogP contribution is 2.26. The minimum atomic E-state index is -1.37. The van der Waals surface area contributed by atoms with Gasteiger partial charge in [0, 0.05) is 0 Å². The summed E-state index contributed by atoms with van der Waals surface area (Å²) in [6.45, 7) is 5.60. The standard InChI is InChI=1S/C5H12O2P/c1-4-8(6)7-5(2)3/h5H,4H2,1-3H3/q-1. The molecule has 8 heavy (non-hydrogen) atoms. The highest BCUT2D eigenvalue weighted by molar-refractivity contribution is 7.44. The molecule has 0 saturated heterocycles. The molecule has 0 aromatic rings. The molecule has 0 aliphatic carbocycles. The molecule has 0 aliphatic rings. The van der Waals surface area contributed by atoms with E-state index in [1.807, 2.05) is 20.8 Å². The Kier molecular flexibility index (Phi) is 4.44. The van der Waals surface area contributed by atoms with E-state index >= 15 is 0 Å². The van der Waals surface area contributed by atoms with E-state index in [9.17, 15) is 4.89 Å². The molecule has 50 valence electrons. The number of hydrogen-bond acceptors (Lipinski definition) is 2. The zero-order chi connectivity index (χ0) is 6.57. The summed E-state index contributed by atoms with van der Waals surface area (Å²) in [6.07, 6.45) is 0.714. The van der Waals surface area contributed by atoms with Gasteiger partial charge in [-0.1, -0.05) is 15.3 Å². The third kappa shape index (κ3) is 4.51. The van der Waals surface area contributed by atoms with E-state index in [1.54, 1.807) is 0 Å². The molecule has 0 rings (SSSR count). The van der Waals surface area contributed by atoms with Gasteiger partial charge in [-0.2, -0.15) is 0 Å². The quantitative estimate of drug-likeness (QED) is 0.543. The van der Waals surface area contributed by atoms with Crippen LogP contribution in [0.15, 0.2) is 0 Å². The van der Waals surface area contributed by atoms with Crippen molar-refractivity contribution < 1.29 is 9.42 Å². The van der Waals surface area contributed by atoms with E-state index in [-0.39, 0.29) is 6.10 Å². The van der Waals surface area contributed by atoms with Gasteiger partial charge in [0.15, 0.2) is 0 Å². The number of rotatable bonds is 3. The van der Waals surface area contributed by atoms with Crippen LogP contribution in [0.5, 0.6) is 0 Å². The molecule has 0 N–H and O–H groups in total. The van der Waals surface area contributed by atoms with Gasteiger partial charge in [0.2, 0.25) is 0 Å². The maximum absolute atomic E-state index is 10.5. The summed E-state index contributed by atoms with van der Waals surface area (Å²) in [5.41, 5.74) is 0. The first-order valence-electron chi connectivity index (χ1n) is 2.78. The summed E-state index contributed by atoms with van der Waals surface area (Å²) in [7, 11) is -1.37. The molecule has 0 aromatic carbocycles. The van der Waals surface area contributed by atoms with Gasteiger partial charge in [0.1, 0.15) is 0 Å². The zero-order valence-electron chi connectivity index (χ0n) is 5.55. The first-order valence-corrected chi connectivity index (χ1v) is 4.14. The van der Waals surface area contributed by atoms with Crippen molar-refractivity contribution in [3.8, 4) is 0 Å². The summed E-state index contributed by atoms with van der Waals surface area (Å²) < 4.78 is 4.91. The van der Waals surface area contributed by atoms with Crippen LogP contribution < -0.4 is 4.89 Å². The third-order valence-electron chi connectivity index (χ3n) is 0.587. The Balaban J connectivity index is 3.10. The van der Waals surface area contributed by atoms with Gasteiger partial charge in [-0.15, -0.1) is 0 Å². The SMILES string of the molecule is CCP([O-])OC(C)C. The van der Waals surface area contributed by atoms with Gasteiger partial charge in [-0.3, -0.25) is 0 Å². The maximum Gasteiger partial charge on any atom is 0.0545 e. The molecular formula is C5H12O2P-. The summed E-state index contributed by atoms with van der Waals surface area (Å²) in [6, 6.07) is 0. The molecule has 2 nitrogen and oxygen atoms in total. The monoisotopic (exact) mass is 135 g/mol. The average molecular weight is 135 g/mol. The van der Waals surface area contributed by atoms with E-state index in [0.29, 0.717) is 6.16 Å². The Labute approximate surface area is 51.8 Å². The van der Waals surface area contributed by atoms with Crippen LogP contribution >= 0.6 is 8.38 Å². The molecule has 0 aromatic heterocycles. The molecule has 0 spiro atoms. The molecule has 0 aliphatic heterocycles. The van der Waals surface area contributed by atoms with Crippen molar-refractivity contribution in [1.82, 2.24) is 0 Å².